The maximum Gasteiger partial charge on any atom is 0.322 e. The molecule has 29 heavy (non-hydrogen) atoms. The van der Waals surface area contributed by atoms with E-state index in [2.05, 4.69) is 48.1 Å². The van der Waals surface area contributed by atoms with E-state index in [1.807, 2.05) is 34.4 Å². The summed E-state index contributed by atoms with van der Waals surface area (Å²) in [5, 5.41) is 4.51. The third-order valence-corrected chi connectivity index (χ3v) is 7.72. The summed E-state index contributed by atoms with van der Waals surface area (Å²) in [5.74, 6) is 0. The molecule has 1 aromatic carbocycles. The van der Waals surface area contributed by atoms with Crippen LogP contribution in [0.2, 0.25) is 0 Å². The summed E-state index contributed by atoms with van der Waals surface area (Å²) >= 11 is 1.93. The molecule has 1 N–H and O–H groups in total. The van der Waals surface area contributed by atoms with Crippen LogP contribution in [0.3, 0.4) is 0 Å². The monoisotopic (exact) mass is 405 g/mol. The fraction of sp³-hybridized carbons (Fsp3) is 0.375. The lowest BCUT2D eigenvalue weighted by Gasteiger charge is -2.28. The highest BCUT2D eigenvalue weighted by Crippen LogP contribution is 2.42. The van der Waals surface area contributed by atoms with E-state index in [1.165, 1.54) is 51.5 Å². The molecule has 0 bridgehead atoms. The smallest absolute Gasteiger partial charge is 0.312 e. The van der Waals surface area contributed by atoms with Crippen LogP contribution in [0.25, 0.3) is 5.00 Å². The second-order valence-corrected chi connectivity index (χ2v) is 9.13. The van der Waals surface area contributed by atoms with Crippen LogP contribution in [0.4, 0.5) is 10.5 Å². The van der Waals surface area contributed by atoms with Crippen LogP contribution in [0, 0.1) is 0 Å². The number of para-hydroxylation sites is 1. The molecule has 4 nitrogen and oxygen atoms in total. The summed E-state index contributed by atoms with van der Waals surface area (Å²) in [5.41, 5.74) is 6.11. The molecule has 0 radical (unpaired) electrons. The number of carbonyl (C=O) groups excluding carboxylic acids is 1. The van der Waals surface area contributed by atoms with Gasteiger partial charge >= 0.3 is 6.03 Å². The number of nitrogens with zero attached hydrogens (tertiary/aromatic N) is 2. The predicted octanol–water partition coefficient (Wildman–Crippen LogP) is 6.09. The number of amides is 2. The Bertz CT molecular complexity index is 1060. The molecule has 5 heteroatoms. The van der Waals surface area contributed by atoms with Crippen molar-refractivity contribution in [2.24, 2.45) is 0 Å². The highest BCUT2D eigenvalue weighted by molar-refractivity contribution is 7.15. The van der Waals surface area contributed by atoms with E-state index in [1.54, 1.807) is 0 Å². The summed E-state index contributed by atoms with van der Waals surface area (Å²) in [7, 11) is 0. The van der Waals surface area contributed by atoms with Crippen molar-refractivity contribution in [3.05, 3.63) is 69.9 Å². The first-order valence-corrected chi connectivity index (χ1v) is 11.5. The van der Waals surface area contributed by atoms with Gasteiger partial charge in [0.1, 0.15) is 5.00 Å². The van der Waals surface area contributed by atoms with Gasteiger partial charge in [0.05, 0.1) is 12.6 Å². The molecular formula is C24H27N3OS. The van der Waals surface area contributed by atoms with Crippen LogP contribution in [-0.4, -0.2) is 15.5 Å². The van der Waals surface area contributed by atoms with Crippen molar-refractivity contribution in [1.29, 1.82) is 0 Å². The van der Waals surface area contributed by atoms with Crippen LogP contribution >= 0.6 is 11.3 Å². The van der Waals surface area contributed by atoms with Crippen molar-refractivity contribution in [3.8, 4) is 5.00 Å². The Hall–Kier alpha value is -2.53. The van der Waals surface area contributed by atoms with Crippen molar-refractivity contribution in [3.63, 3.8) is 0 Å². The second kappa shape index (κ2) is 7.38. The molecule has 0 spiro atoms. The summed E-state index contributed by atoms with van der Waals surface area (Å²) < 4.78 is 2.32. The second-order valence-electron chi connectivity index (χ2n) is 8.04. The molecule has 2 aliphatic rings. The summed E-state index contributed by atoms with van der Waals surface area (Å²) in [4.78, 5) is 17.0. The Morgan fingerprint density at radius 1 is 1.14 bits per heavy atom. The first kappa shape index (κ1) is 18.5. The van der Waals surface area contributed by atoms with Gasteiger partial charge in [-0.1, -0.05) is 25.1 Å². The van der Waals surface area contributed by atoms with Crippen molar-refractivity contribution >= 4 is 23.1 Å². The van der Waals surface area contributed by atoms with E-state index in [4.69, 9.17) is 0 Å². The number of aryl methyl sites for hydroxylation is 2. The number of thiophene rings is 1. The summed E-state index contributed by atoms with van der Waals surface area (Å²) in [6.07, 6.45) is 7.90. The van der Waals surface area contributed by atoms with Gasteiger partial charge in [0, 0.05) is 28.0 Å². The first-order valence-electron chi connectivity index (χ1n) is 10.6. The van der Waals surface area contributed by atoms with Gasteiger partial charge in [-0.05, 0) is 68.4 Å². The third kappa shape index (κ3) is 3.08. The van der Waals surface area contributed by atoms with E-state index in [-0.39, 0.29) is 12.1 Å². The lowest BCUT2D eigenvalue weighted by atomic mass is 9.95. The molecule has 0 saturated heterocycles. The number of anilines is 1. The average molecular weight is 406 g/mol. The quantitative estimate of drug-likeness (QED) is 0.550. The number of aromatic nitrogens is 1. The molecule has 2 amide bonds. The fourth-order valence-corrected chi connectivity index (χ4v) is 6.15. The van der Waals surface area contributed by atoms with Crippen LogP contribution < -0.4 is 5.32 Å². The predicted molar refractivity (Wildman–Crippen MR) is 119 cm³/mol. The number of hydrogen-bond acceptors (Lipinski definition) is 2. The Morgan fingerprint density at radius 3 is 2.83 bits per heavy atom. The molecule has 1 aliphatic carbocycles. The van der Waals surface area contributed by atoms with E-state index in [9.17, 15) is 4.79 Å². The number of rotatable bonds is 2. The molecule has 1 atom stereocenters. The summed E-state index contributed by atoms with van der Waals surface area (Å²) in [6, 6.07) is 12.3. The third-order valence-electron chi connectivity index (χ3n) is 6.38. The molecule has 2 aromatic heterocycles. The standard InChI is InChI=1S/C24H27N3OS/c1-3-17-9-4-6-11-20(17)25-24(28)27-15-19-18-10-5-7-13-22(18)29-23(19)26-14-8-12-21(26)16(27)2/h4,6,8-9,11-12,14,16H,3,5,7,10,13,15H2,1-2H3,(H,25,28)/t16-/m0/s1. The molecule has 3 heterocycles. The number of nitrogens with one attached hydrogen (secondary N) is 1. The number of hydrogen-bond donors (Lipinski definition) is 1. The first-order chi connectivity index (χ1) is 14.2. The molecule has 5 rings (SSSR count). The van der Waals surface area contributed by atoms with Crippen LogP contribution in [0.1, 0.15) is 60.0 Å². The van der Waals surface area contributed by atoms with E-state index in [0.29, 0.717) is 6.54 Å². The molecule has 0 fully saturated rings. The molecular weight excluding hydrogens is 378 g/mol. The maximum absolute atomic E-state index is 13.4. The SMILES string of the molecule is CCc1ccccc1NC(=O)N1Cc2c(sc3c2CCCC3)-n2cccc2[C@@H]1C. The van der Waals surface area contributed by atoms with Crippen molar-refractivity contribution in [1.82, 2.24) is 9.47 Å². The lowest BCUT2D eigenvalue weighted by Crippen LogP contribution is -2.36. The van der Waals surface area contributed by atoms with Crippen molar-refractivity contribution in [2.45, 2.75) is 58.5 Å². The van der Waals surface area contributed by atoms with Crippen LogP contribution in [-0.2, 0) is 25.8 Å². The van der Waals surface area contributed by atoms with Gasteiger partial charge in [0.2, 0.25) is 0 Å². The molecule has 1 aliphatic heterocycles. The molecule has 0 saturated carbocycles. The zero-order valence-corrected chi connectivity index (χ0v) is 17.9. The number of urea groups is 1. The Morgan fingerprint density at radius 2 is 1.97 bits per heavy atom. The number of benzene rings is 1. The van der Waals surface area contributed by atoms with Gasteiger partial charge < -0.3 is 14.8 Å². The lowest BCUT2D eigenvalue weighted by molar-refractivity contribution is 0.189. The molecule has 150 valence electrons. The normalized spacial score (nSPS) is 17.9. The van der Waals surface area contributed by atoms with E-state index >= 15 is 0 Å². The number of carbonyl (C=O) groups is 1. The Labute approximate surface area is 176 Å². The highest BCUT2D eigenvalue weighted by Gasteiger charge is 2.33. The van der Waals surface area contributed by atoms with Gasteiger partial charge in [-0.3, -0.25) is 0 Å². The van der Waals surface area contributed by atoms with Gasteiger partial charge in [-0.15, -0.1) is 11.3 Å². The average Bonchev–Trinajstić information content (AvgIpc) is 3.34. The summed E-state index contributed by atoms with van der Waals surface area (Å²) in [6.45, 7) is 4.93. The van der Waals surface area contributed by atoms with Gasteiger partial charge in [0.15, 0.2) is 0 Å². The van der Waals surface area contributed by atoms with Gasteiger partial charge in [0.25, 0.3) is 0 Å². The maximum atomic E-state index is 13.4. The minimum Gasteiger partial charge on any atom is -0.312 e. The molecule has 3 aromatic rings. The topological polar surface area (TPSA) is 37.3 Å². The highest BCUT2D eigenvalue weighted by atomic mass is 32.1. The Balaban J connectivity index is 1.54. The van der Waals surface area contributed by atoms with E-state index in [0.717, 1.165) is 18.5 Å². The Kier molecular flexibility index (Phi) is 4.70. The van der Waals surface area contributed by atoms with Crippen LogP contribution in [0.15, 0.2) is 42.6 Å². The fourth-order valence-electron chi connectivity index (χ4n) is 4.75. The minimum absolute atomic E-state index is 0.0117. The minimum atomic E-state index is -0.0187. The van der Waals surface area contributed by atoms with Crippen LogP contribution in [0.5, 0.6) is 0 Å². The van der Waals surface area contributed by atoms with Gasteiger partial charge in [-0.2, -0.15) is 0 Å². The van der Waals surface area contributed by atoms with E-state index < -0.39 is 0 Å². The molecule has 0 unspecified atom stereocenters. The van der Waals surface area contributed by atoms with Crippen molar-refractivity contribution < 1.29 is 4.79 Å². The largest absolute Gasteiger partial charge is 0.322 e. The van der Waals surface area contributed by atoms with Crippen molar-refractivity contribution in [2.75, 3.05) is 5.32 Å². The number of fused-ring (bicyclic) bond motifs is 5. The van der Waals surface area contributed by atoms with Gasteiger partial charge in [-0.25, -0.2) is 4.79 Å². The zero-order chi connectivity index (χ0) is 20.0. The zero-order valence-electron chi connectivity index (χ0n) is 17.1.